The van der Waals surface area contributed by atoms with Crippen LogP contribution in [0.2, 0.25) is 5.02 Å². The standard InChI is InChI=1S/C16H21ClN2O2/c17-13-2-1-3-14(10-13)21-15-6-9-19(11-15)16(20)12-4-7-18-8-5-12/h1-3,10,12,15,18H,4-9,11H2/t15-/m0/s1. The first-order valence-electron chi connectivity index (χ1n) is 7.64. The van der Waals surface area contributed by atoms with Gasteiger partial charge >= 0.3 is 0 Å². The van der Waals surface area contributed by atoms with Gasteiger partial charge in [-0.3, -0.25) is 4.79 Å². The number of rotatable bonds is 3. The molecular formula is C16H21ClN2O2. The van der Waals surface area contributed by atoms with Crippen LogP contribution in [0.3, 0.4) is 0 Å². The molecule has 2 aliphatic rings. The van der Waals surface area contributed by atoms with E-state index >= 15 is 0 Å². The van der Waals surface area contributed by atoms with Crippen LogP contribution in [0.5, 0.6) is 5.75 Å². The number of benzene rings is 1. The van der Waals surface area contributed by atoms with Gasteiger partial charge in [-0.2, -0.15) is 0 Å². The number of amides is 1. The molecule has 2 aliphatic heterocycles. The Morgan fingerprint density at radius 1 is 1.29 bits per heavy atom. The van der Waals surface area contributed by atoms with Crippen LogP contribution >= 0.6 is 11.6 Å². The summed E-state index contributed by atoms with van der Waals surface area (Å²) in [6.45, 7) is 3.39. The summed E-state index contributed by atoms with van der Waals surface area (Å²) in [5.74, 6) is 1.27. The molecule has 1 atom stereocenters. The number of carbonyl (C=O) groups is 1. The van der Waals surface area contributed by atoms with Crippen LogP contribution in [0.1, 0.15) is 19.3 Å². The molecule has 2 fully saturated rings. The number of halogens is 1. The highest BCUT2D eigenvalue weighted by atomic mass is 35.5. The molecule has 2 saturated heterocycles. The van der Waals surface area contributed by atoms with Crippen LogP contribution in [0.25, 0.3) is 0 Å². The number of hydrogen-bond donors (Lipinski definition) is 1. The first kappa shape index (κ1) is 14.7. The molecule has 0 aromatic heterocycles. The van der Waals surface area contributed by atoms with E-state index in [0.717, 1.165) is 44.6 Å². The van der Waals surface area contributed by atoms with Crippen molar-refractivity contribution in [2.45, 2.75) is 25.4 Å². The summed E-state index contributed by atoms with van der Waals surface area (Å²) < 4.78 is 5.93. The summed E-state index contributed by atoms with van der Waals surface area (Å²) in [5, 5.41) is 3.97. The molecule has 5 heteroatoms. The molecule has 1 aromatic rings. The van der Waals surface area contributed by atoms with Gasteiger partial charge in [-0.1, -0.05) is 17.7 Å². The lowest BCUT2D eigenvalue weighted by Gasteiger charge is -2.26. The minimum Gasteiger partial charge on any atom is -0.488 e. The number of piperidine rings is 1. The van der Waals surface area contributed by atoms with Crippen molar-refractivity contribution in [2.75, 3.05) is 26.2 Å². The van der Waals surface area contributed by atoms with Gasteiger partial charge in [0.1, 0.15) is 11.9 Å². The van der Waals surface area contributed by atoms with Crippen molar-refractivity contribution >= 4 is 17.5 Å². The summed E-state index contributed by atoms with van der Waals surface area (Å²) >= 11 is 5.96. The summed E-state index contributed by atoms with van der Waals surface area (Å²) in [5.41, 5.74) is 0. The van der Waals surface area contributed by atoms with Crippen LogP contribution in [0.15, 0.2) is 24.3 Å². The normalized spacial score (nSPS) is 23.3. The van der Waals surface area contributed by atoms with Crippen molar-refractivity contribution in [3.63, 3.8) is 0 Å². The number of nitrogens with zero attached hydrogens (tertiary/aromatic N) is 1. The number of likely N-dealkylation sites (tertiary alicyclic amines) is 1. The van der Waals surface area contributed by atoms with Gasteiger partial charge in [-0.15, -0.1) is 0 Å². The third-order valence-corrected chi connectivity index (χ3v) is 4.48. The molecule has 0 aliphatic carbocycles. The van der Waals surface area contributed by atoms with E-state index in [9.17, 15) is 4.79 Å². The van der Waals surface area contributed by atoms with Gasteiger partial charge in [-0.25, -0.2) is 0 Å². The summed E-state index contributed by atoms with van der Waals surface area (Å²) in [4.78, 5) is 14.4. The Hall–Kier alpha value is -1.26. The molecule has 1 amide bonds. The number of nitrogens with one attached hydrogen (secondary N) is 1. The zero-order valence-electron chi connectivity index (χ0n) is 12.1. The largest absolute Gasteiger partial charge is 0.488 e. The number of ether oxygens (including phenoxy) is 1. The van der Waals surface area contributed by atoms with Gasteiger partial charge in [0.05, 0.1) is 6.54 Å². The highest BCUT2D eigenvalue weighted by molar-refractivity contribution is 6.30. The van der Waals surface area contributed by atoms with Crippen LogP contribution in [-0.4, -0.2) is 43.1 Å². The maximum atomic E-state index is 12.5. The van der Waals surface area contributed by atoms with E-state index in [4.69, 9.17) is 16.3 Å². The molecule has 2 heterocycles. The second kappa shape index (κ2) is 6.67. The highest BCUT2D eigenvalue weighted by Crippen LogP contribution is 2.24. The van der Waals surface area contributed by atoms with Crippen LogP contribution in [-0.2, 0) is 4.79 Å². The molecule has 0 saturated carbocycles. The number of carbonyl (C=O) groups excluding carboxylic acids is 1. The van der Waals surface area contributed by atoms with Crippen LogP contribution in [0.4, 0.5) is 0 Å². The molecule has 0 bridgehead atoms. The Morgan fingerprint density at radius 3 is 2.86 bits per heavy atom. The van der Waals surface area contributed by atoms with Gasteiger partial charge in [-0.05, 0) is 44.1 Å². The molecule has 0 radical (unpaired) electrons. The summed E-state index contributed by atoms with van der Waals surface area (Å²) in [6, 6.07) is 7.43. The van der Waals surface area contributed by atoms with Crippen molar-refractivity contribution in [1.29, 1.82) is 0 Å². The van der Waals surface area contributed by atoms with E-state index in [-0.39, 0.29) is 12.0 Å². The first-order chi connectivity index (χ1) is 10.2. The lowest BCUT2D eigenvalue weighted by Crippen LogP contribution is -2.40. The molecule has 114 valence electrons. The predicted molar refractivity (Wildman–Crippen MR) is 82.7 cm³/mol. The minimum absolute atomic E-state index is 0.0779. The van der Waals surface area contributed by atoms with Crippen molar-refractivity contribution in [3.8, 4) is 5.75 Å². The van der Waals surface area contributed by atoms with E-state index in [1.54, 1.807) is 0 Å². The number of hydrogen-bond acceptors (Lipinski definition) is 3. The Kier molecular flexibility index (Phi) is 4.66. The fourth-order valence-corrected chi connectivity index (χ4v) is 3.26. The second-order valence-corrected chi connectivity index (χ2v) is 6.23. The van der Waals surface area contributed by atoms with Crippen LogP contribution < -0.4 is 10.1 Å². The molecule has 0 spiro atoms. The molecule has 4 nitrogen and oxygen atoms in total. The van der Waals surface area contributed by atoms with Gasteiger partial charge in [0.25, 0.3) is 0 Å². The Bertz CT molecular complexity index is 503. The third-order valence-electron chi connectivity index (χ3n) is 4.24. The smallest absolute Gasteiger partial charge is 0.225 e. The first-order valence-corrected chi connectivity index (χ1v) is 8.02. The van der Waals surface area contributed by atoms with Crippen LogP contribution in [0, 0.1) is 5.92 Å². The molecule has 3 rings (SSSR count). The van der Waals surface area contributed by atoms with E-state index < -0.39 is 0 Å². The SMILES string of the molecule is O=C(C1CCNCC1)N1CC[C@H](Oc2cccc(Cl)c2)C1. The van der Waals surface area contributed by atoms with E-state index in [1.165, 1.54) is 0 Å². The molecule has 21 heavy (non-hydrogen) atoms. The summed E-state index contributed by atoms with van der Waals surface area (Å²) in [6.07, 6.45) is 2.88. The lowest BCUT2D eigenvalue weighted by molar-refractivity contribution is -0.135. The molecular weight excluding hydrogens is 288 g/mol. The van der Waals surface area contributed by atoms with Crippen molar-refractivity contribution in [3.05, 3.63) is 29.3 Å². The molecule has 1 N–H and O–H groups in total. The Morgan fingerprint density at radius 2 is 2.10 bits per heavy atom. The quantitative estimate of drug-likeness (QED) is 0.932. The fraction of sp³-hybridized carbons (Fsp3) is 0.562. The topological polar surface area (TPSA) is 41.6 Å². The highest BCUT2D eigenvalue weighted by Gasteiger charge is 2.32. The second-order valence-electron chi connectivity index (χ2n) is 5.79. The fourth-order valence-electron chi connectivity index (χ4n) is 3.08. The monoisotopic (exact) mass is 308 g/mol. The van der Waals surface area contributed by atoms with E-state index in [0.29, 0.717) is 17.5 Å². The summed E-state index contributed by atoms with van der Waals surface area (Å²) in [7, 11) is 0. The van der Waals surface area contributed by atoms with Crippen molar-refractivity contribution < 1.29 is 9.53 Å². The maximum Gasteiger partial charge on any atom is 0.225 e. The zero-order valence-corrected chi connectivity index (χ0v) is 12.8. The van der Waals surface area contributed by atoms with Gasteiger partial charge in [0, 0.05) is 23.9 Å². The van der Waals surface area contributed by atoms with Crippen molar-refractivity contribution in [1.82, 2.24) is 10.2 Å². The molecule has 0 unspecified atom stereocenters. The third kappa shape index (κ3) is 3.69. The minimum atomic E-state index is 0.0779. The maximum absolute atomic E-state index is 12.5. The lowest BCUT2D eigenvalue weighted by atomic mass is 9.97. The van der Waals surface area contributed by atoms with Gasteiger partial charge in [0.15, 0.2) is 0 Å². The van der Waals surface area contributed by atoms with Gasteiger partial charge in [0.2, 0.25) is 5.91 Å². The Labute approximate surface area is 130 Å². The zero-order chi connectivity index (χ0) is 14.7. The van der Waals surface area contributed by atoms with E-state index in [2.05, 4.69) is 5.32 Å². The molecule has 1 aromatic carbocycles. The average molecular weight is 309 g/mol. The van der Waals surface area contributed by atoms with E-state index in [1.807, 2.05) is 29.2 Å². The predicted octanol–water partition coefficient (Wildman–Crippen LogP) is 2.32. The van der Waals surface area contributed by atoms with Gasteiger partial charge < -0.3 is 15.0 Å². The average Bonchev–Trinajstić information content (AvgIpc) is 2.96. The Balaban J connectivity index is 1.54. The van der Waals surface area contributed by atoms with Crippen molar-refractivity contribution in [2.24, 2.45) is 5.92 Å².